The lowest BCUT2D eigenvalue weighted by molar-refractivity contribution is -0.112. The number of nitrogens with two attached hydrogens (primary N) is 1. The average molecular weight is 269 g/mol. The van der Waals surface area contributed by atoms with E-state index in [0.717, 1.165) is 18.0 Å². The van der Waals surface area contributed by atoms with Gasteiger partial charge in [0.05, 0.1) is 6.61 Å². The van der Waals surface area contributed by atoms with Crippen molar-refractivity contribution in [2.45, 2.75) is 4.90 Å². The topological polar surface area (TPSA) is 88.2 Å². The highest BCUT2D eigenvalue weighted by Gasteiger charge is 2.05. The van der Waals surface area contributed by atoms with Gasteiger partial charge in [-0.3, -0.25) is 10.2 Å². The minimum absolute atomic E-state index is 0.177. The van der Waals surface area contributed by atoms with E-state index in [-0.39, 0.29) is 5.71 Å². The predicted octanol–water partition coefficient (Wildman–Crippen LogP) is 0.681. The molecule has 0 aliphatic carbocycles. The molecule has 1 aromatic carbocycles. The van der Waals surface area contributed by atoms with Crippen molar-refractivity contribution in [3.05, 3.63) is 29.8 Å². The summed E-state index contributed by atoms with van der Waals surface area (Å²) in [4.78, 5) is 11.4. The Morgan fingerprint density at radius 3 is 2.33 bits per heavy atom. The van der Waals surface area contributed by atoms with Crippen molar-refractivity contribution in [2.24, 2.45) is 5.73 Å². The molecule has 100 valence electrons. The van der Waals surface area contributed by atoms with Crippen LogP contribution in [0.3, 0.4) is 0 Å². The molecule has 4 N–H and O–H groups in total. The number of methoxy groups -OCH3 is 1. The Hall–Kier alpha value is -1.37. The van der Waals surface area contributed by atoms with Gasteiger partial charge in [-0.25, -0.2) is 0 Å². The maximum atomic E-state index is 10.6. The largest absolute Gasteiger partial charge is 0.383 e. The van der Waals surface area contributed by atoms with Crippen LogP contribution < -0.4 is 11.1 Å². The lowest BCUT2D eigenvalue weighted by atomic mass is 10.1. The van der Waals surface area contributed by atoms with Gasteiger partial charge in [0.1, 0.15) is 5.71 Å². The van der Waals surface area contributed by atoms with E-state index in [9.17, 15) is 4.79 Å². The Morgan fingerprint density at radius 1 is 1.44 bits per heavy atom. The molecule has 6 heteroatoms. The molecule has 0 aromatic heterocycles. The number of ether oxygens (including phenoxy) is 1. The van der Waals surface area contributed by atoms with Gasteiger partial charge in [-0.05, 0) is 19.2 Å². The van der Waals surface area contributed by atoms with Crippen LogP contribution in [-0.4, -0.2) is 38.9 Å². The van der Waals surface area contributed by atoms with Gasteiger partial charge in [0, 0.05) is 24.1 Å². The second-order valence-corrected chi connectivity index (χ2v) is 3.90. The lowest BCUT2D eigenvalue weighted by Gasteiger charge is -1.98. The second kappa shape index (κ2) is 9.64. The number of amides is 1. The highest BCUT2D eigenvalue weighted by Crippen LogP contribution is 2.07. The first kappa shape index (κ1) is 16.6. The number of thiol groups is 1. The van der Waals surface area contributed by atoms with Crippen LogP contribution in [0.1, 0.15) is 5.56 Å². The van der Waals surface area contributed by atoms with Crippen molar-refractivity contribution in [1.82, 2.24) is 5.32 Å². The summed E-state index contributed by atoms with van der Waals surface area (Å²) in [5, 5.41) is 10.2. The molecular formula is C12H19N3O2S. The first-order chi connectivity index (χ1) is 8.52. The zero-order chi connectivity index (χ0) is 14.0. The smallest absolute Gasteiger partial charge is 0.267 e. The van der Waals surface area contributed by atoms with Gasteiger partial charge in [0.2, 0.25) is 0 Å². The summed E-state index contributed by atoms with van der Waals surface area (Å²) >= 11 is 4.07. The fraction of sp³-hybridized carbons (Fsp3) is 0.333. The van der Waals surface area contributed by atoms with Crippen molar-refractivity contribution in [1.29, 1.82) is 5.41 Å². The number of primary amides is 1. The third-order valence-corrected chi connectivity index (χ3v) is 2.26. The lowest BCUT2D eigenvalue weighted by Crippen LogP contribution is -2.22. The van der Waals surface area contributed by atoms with Gasteiger partial charge in [0.15, 0.2) is 0 Å². The molecule has 0 atom stereocenters. The number of rotatable bonds is 5. The van der Waals surface area contributed by atoms with E-state index in [1.54, 1.807) is 31.4 Å². The quantitative estimate of drug-likeness (QED) is 0.360. The third kappa shape index (κ3) is 7.05. The fourth-order valence-corrected chi connectivity index (χ4v) is 1.12. The molecule has 0 saturated heterocycles. The van der Waals surface area contributed by atoms with E-state index >= 15 is 0 Å². The SMILES string of the molecule is CNCCOC.N=C(C(N)=O)c1ccc(S)cc1. The van der Waals surface area contributed by atoms with Crippen LogP contribution in [0.5, 0.6) is 0 Å². The van der Waals surface area contributed by atoms with Crippen LogP contribution in [0.15, 0.2) is 29.2 Å². The fourth-order valence-electron chi connectivity index (χ4n) is 0.974. The van der Waals surface area contributed by atoms with Crippen LogP contribution in [0, 0.1) is 5.41 Å². The zero-order valence-corrected chi connectivity index (χ0v) is 11.5. The Balaban J connectivity index is 0.000000411. The Morgan fingerprint density at radius 2 is 2.00 bits per heavy atom. The minimum Gasteiger partial charge on any atom is -0.383 e. The number of benzene rings is 1. The zero-order valence-electron chi connectivity index (χ0n) is 10.6. The Bertz CT molecular complexity index is 375. The van der Waals surface area contributed by atoms with E-state index < -0.39 is 5.91 Å². The summed E-state index contributed by atoms with van der Waals surface area (Å²) in [5.74, 6) is -0.720. The number of nitrogens with one attached hydrogen (secondary N) is 2. The van der Waals surface area contributed by atoms with Crippen LogP contribution in [0.4, 0.5) is 0 Å². The van der Waals surface area contributed by atoms with Crippen LogP contribution >= 0.6 is 12.6 Å². The normalized spacial score (nSPS) is 9.28. The summed E-state index contributed by atoms with van der Waals surface area (Å²) < 4.78 is 4.72. The number of hydrogen-bond acceptors (Lipinski definition) is 5. The van der Waals surface area contributed by atoms with E-state index in [1.807, 2.05) is 7.05 Å². The first-order valence-electron chi connectivity index (χ1n) is 5.34. The molecule has 0 heterocycles. The monoisotopic (exact) mass is 269 g/mol. The molecule has 0 spiro atoms. The summed E-state index contributed by atoms with van der Waals surface area (Å²) in [5.41, 5.74) is 5.26. The molecule has 5 nitrogen and oxygen atoms in total. The van der Waals surface area contributed by atoms with Crippen molar-refractivity contribution < 1.29 is 9.53 Å². The molecule has 0 bridgehead atoms. The molecule has 1 aromatic rings. The molecule has 0 aliphatic rings. The van der Waals surface area contributed by atoms with Crippen molar-refractivity contribution in [3.63, 3.8) is 0 Å². The first-order valence-corrected chi connectivity index (χ1v) is 5.79. The van der Waals surface area contributed by atoms with Gasteiger partial charge in [0.25, 0.3) is 5.91 Å². The van der Waals surface area contributed by atoms with Crippen LogP contribution in [0.25, 0.3) is 0 Å². The molecule has 0 saturated carbocycles. The number of likely N-dealkylation sites (N-methyl/N-ethyl adjacent to an activating group) is 1. The molecule has 1 rings (SSSR count). The van der Waals surface area contributed by atoms with Crippen molar-refractivity contribution in [3.8, 4) is 0 Å². The molecule has 18 heavy (non-hydrogen) atoms. The van der Waals surface area contributed by atoms with E-state index in [2.05, 4.69) is 17.9 Å². The number of carbonyl (C=O) groups excluding carboxylic acids is 1. The molecule has 1 amide bonds. The number of carbonyl (C=O) groups is 1. The second-order valence-electron chi connectivity index (χ2n) is 3.38. The summed E-state index contributed by atoms with van der Waals surface area (Å²) in [6.45, 7) is 1.74. The van der Waals surface area contributed by atoms with Gasteiger partial charge >= 0.3 is 0 Å². The summed E-state index contributed by atoms with van der Waals surface area (Å²) in [6, 6.07) is 6.68. The standard InChI is InChI=1S/C8H8N2OS.C4H11NO/c9-7(8(10)11)5-1-3-6(12)4-2-5;1-5-3-4-6-2/h1-4,9,12H,(H2,10,11);5H,3-4H2,1-2H3. The van der Waals surface area contributed by atoms with Crippen LogP contribution in [-0.2, 0) is 9.53 Å². The minimum atomic E-state index is -0.720. The third-order valence-electron chi connectivity index (χ3n) is 1.96. The molecule has 0 fully saturated rings. The highest BCUT2D eigenvalue weighted by molar-refractivity contribution is 7.80. The molecular weight excluding hydrogens is 250 g/mol. The summed E-state index contributed by atoms with van der Waals surface area (Å²) in [7, 11) is 3.59. The maximum absolute atomic E-state index is 10.6. The van der Waals surface area contributed by atoms with Crippen molar-refractivity contribution >= 4 is 24.2 Å². The van der Waals surface area contributed by atoms with E-state index in [4.69, 9.17) is 15.9 Å². The Kier molecular flexibility index (Phi) is 8.91. The van der Waals surface area contributed by atoms with E-state index in [0.29, 0.717) is 5.56 Å². The number of hydrogen-bond donors (Lipinski definition) is 4. The van der Waals surface area contributed by atoms with Gasteiger partial charge in [-0.2, -0.15) is 0 Å². The van der Waals surface area contributed by atoms with E-state index in [1.165, 1.54) is 0 Å². The molecule has 0 aliphatic heterocycles. The van der Waals surface area contributed by atoms with Crippen LogP contribution in [0.2, 0.25) is 0 Å². The summed E-state index contributed by atoms with van der Waals surface area (Å²) in [6.07, 6.45) is 0. The molecule has 0 radical (unpaired) electrons. The van der Waals surface area contributed by atoms with Crippen molar-refractivity contribution in [2.75, 3.05) is 27.3 Å². The van der Waals surface area contributed by atoms with Gasteiger partial charge in [-0.15, -0.1) is 12.6 Å². The Labute approximate surface area is 113 Å². The van der Waals surface area contributed by atoms with Gasteiger partial charge in [-0.1, -0.05) is 12.1 Å². The average Bonchev–Trinajstić information content (AvgIpc) is 2.37. The highest BCUT2D eigenvalue weighted by atomic mass is 32.1. The molecule has 0 unspecified atom stereocenters. The maximum Gasteiger partial charge on any atom is 0.267 e. The predicted molar refractivity (Wildman–Crippen MR) is 75.5 cm³/mol. The van der Waals surface area contributed by atoms with Gasteiger partial charge < -0.3 is 15.8 Å².